The SMILES string of the molecule is CCc1ccc(C(C)(C)C)c(C)c1. The van der Waals surface area contributed by atoms with Crippen LogP contribution in [-0.4, -0.2) is 0 Å². The fourth-order valence-corrected chi connectivity index (χ4v) is 1.79. The Morgan fingerprint density at radius 2 is 1.77 bits per heavy atom. The van der Waals surface area contributed by atoms with Crippen molar-refractivity contribution in [1.29, 1.82) is 0 Å². The van der Waals surface area contributed by atoms with Crippen LogP contribution in [0.25, 0.3) is 0 Å². The van der Waals surface area contributed by atoms with Crippen LogP contribution in [0, 0.1) is 6.92 Å². The van der Waals surface area contributed by atoms with E-state index in [9.17, 15) is 0 Å². The van der Waals surface area contributed by atoms with E-state index in [-0.39, 0.29) is 5.41 Å². The molecule has 0 fully saturated rings. The third-order valence-corrected chi connectivity index (χ3v) is 2.51. The predicted molar refractivity (Wildman–Crippen MR) is 59.3 cm³/mol. The summed E-state index contributed by atoms with van der Waals surface area (Å²) in [4.78, 5) is 0. The minimum atomic E-state index is 0.274. The standard InChI is InChI=1S/C13H20/c1-6-11-7-8-12(10(2)9-11)13(3,4)5/h7-9H,6H2,1-5H3. The van der Waals surface area contributed by atoms with Crippen LogP contribution in [0.4, 0.5) is 0 Å². The second kappa shape index (κ2) is 3.53. The van der Waals surface area contributed by atoms with Crippen molar-refractivity contribution < 1.29 is 0 Å². The Labute approximate surface area is 82.0 Å². The van der Waals surface area contributed by atoms with Crippen LogP contribution >= 0.6 is 0 Å². The average Bonchev–Trinajstić information content (AvgIpc) is 2.01. The second-order valence-electron chi connectivity index (χ2n) is 4.75. The monoisotopic (exact) mass is 176 g/mol. The Morgan fingerprint density at radius 1 is 1.15 bits per heavy atom. The average molecular weight is 176 g/mol. The molecular formula is C13H20. The molecule has 0 N–H and O–H groups in total. The van der Waals surface area contributed by atoms with Gasteiger partial charge < -0.3 is 0 Å². The normalized spacial score (nSPS) is 11.8. The maximum absolute atomic E-state index is 2.31. The Morgan fingerprint density at radius 3 is 2.15 bits per heavy atom. The molecule has 0 aliphatic heterocycles. The molecule has 0 aliphatic carbocycles. The van der Waals surface area contributed by atoms with Crippen LogP contribution in [-0.2, 0) is 11.8 Å². The van der Waals surface area contributed by atoms with Crippen molar-refractivity contribution in [2.24, 2.45) is 0 Å². The quantitative estimate of drug-likeness (QED) is 0.609. The summed E-state index contributed by atoms with van der Waals surface area (Å²) in [6.07, 6.45) is 1.13. The number of hydrogen-bond acceptors (Lipinski definition) is 0. The van der Waals surface area contributed by atoms with Gasteiger partial charge in [0.15, 0.2) is 0 Å². The largest absolute Gasteiger partial charge is 0.0613 e. The van der Waals surface area contributed by atoms with Crippen LogP contribution in [0.3, 0.4) is 0 Å². The van der Waals surface area contributed by atoms with Crippen LogP contribution in [0.15, 0.2) is 18.2 Å². The van der Waals surface area contributed by atoms with E-state index in [0.29, 0.717) is 0 Å². The van der Waals surface area contributed by atoms with Gasteiger partial charge in [0.2, 0.25) is 0 Å². The van der Waals surface area contributed by atoms with Gasteiger partial charge in [-0.3, -0.25) is 0 Å². The van der Waals surface area contributed by atoms with Gasteiger partial charge >= 0.3 is 0 Å². The van der Waals surface area contributed by atoms with Gasteiger partial charge in [0.1, 0.15) is 0 Å². The first kappa shape index (κ1) is 10.3. The van der Waals surface area contributed by atoms with Crippen molar-refractivity contribution >= 4 is 0 Å². The van der Waals surface area contributed by atoms with Gasteiger partial charge in [0, 0.05) is 0 Å². The lowest BCUT2D eigenvalue weighted by molar-refractivity contribution is 0.586. The summed E-state index contributed by atoms with van der Waals surface area (Å²) in [5.41, 5.74) is 4.60. The van der Waals surface area contributed by atoms with Gasteiger partial charge in [-0.05, 0) is 35.4 Å². The van der Waals surface area contributed by atoms with Gasteiger partial charge in [-0.25, -0.2) is 0 Å². The molecule has 1 aromatic rings. The number of rotatable bonds is 1. The first-order chi connectivity index (χ1) is 5.95. The molecule has 0 saturated carbocycles. The maximum atomic E-state index is 2.31. The van der Waals surface area contributed by atoms with Crippen molar-refractivity contribution in [3.63, 3.8) is 0 Å². The number of benzene rings is 1. The van der Waals surface area contributed by atoms with Crippen LogP contribution < -0.4 is 0 Å². The van der Waals surface area contributed by atoms with E-state index in [4.69, 9.17) is 0 Å². The first-order valence-electron chi connectivity index (χ1n) is 5.05. The van der Waals surface area contributed by atoms with E-state index >= 15 is 0 Å². The molecule has 0 radical (unpaired) electrons. The van der Waals surface area contributed by atoms with Crippen molar-refractivity contribution in [2.75, 3.05) is 0 Å². The fraction of sp³-hybridized carbons (Fsp3) is 0.538. The Kier molecular flexibility index (Phi) is 2.80. The fourth-order valence-electron chi connectivity index (χ4n) is 1.79. The van der Waals surface area contributed by atoms with E-state index < -0.39 is 0 Å². The van der Waals surface area contributed by atoms with Gasteiger partial charge in [-0.15, -0.1) is 0 Å². The third-order valence-electron chi connectivity index (χ3n) is 2.51. The molecule has 1 rings (SSSR count). The molecule has 0 amide bonds. The molecule has 0 bridgehead atoms. The van der Waals surface area contributed by atoms with Crippen LogP contribution in [0.5, 0.6) is 0 Å². The van der Waals surface area contributed by atoms with Crippen molar-refractivity contribution in [1.82, 2.24) is 0 Å². The van der Waals surface area contributed by atoms with E-state index in [2.05, 4.69) is 52.8 Å². The number of aryl methyl sites for hydroxylation is 2. The molecule has 72 valence electrons. The molecule has 1 aromatic carbocycles. The Hall–Kier alpha value is -0.780. The summed E-state index contributed by atoms with van der Waals surface area (Å²) in [6, 6.07) is 6.82. The van der Waals surface area contributed by atoms with E-state index in [1.165, 1.54) is 16.7 Å². The van der Waals surface area contributed by atoms with Crippen LogP contribution in [0.1, 0.15) is 44.4 Å². The summed E-state index contributed by atoms with van der Waals surface area (Å²) in [5.74, 6) is 0. The lowest BCUT2D eigenvalue weighted by Crippen LogP contribution is -2.13. The minimum absolute atomic E-state index is 0.274. The van der Waals surface area contributed by atoms with Crippen molar-refractivity contribution in [2.45, 2.75) is 46.5 Å². The third kappa shape index (κ3) is 2.33. The summed E-state index contributed by atoms with van der Waals surface area (Å²) < 4.78 is 0. The topological polar surface area (TPSA) is 0 Å². The van der Waals surface area contributed by atoms with Crippen LogP contribution in [0.2, 0.25) is 0 Å². The smallest absolute Gasteiger partial charge is 0.0129 e. The predicted octanol–water partition coefficient (Wildman–Crippen LogP) is 3.85. The highest BCUT2D eigenvalue weighted by molar-refractivity contribution is 5.35. The molecule has 0 nitrogen and oxygen atoms in total. The molecule has 0 aliphatic rings. The molecule has 0 spiro atoms. The maximum Gasteiger partial charge on any atom is -0.0129 e. The zero-order valence-corrected chi connectivity index (χ0v) is 9.44. The van der Waals surface area contributed by atoms with Gasteiger partial charge in [0.25, 0.3) is 0 Å². The zero-order valence-electron chi connectivity index (χ0n) is 9.44. The van der Waals surface area contributed by atoms with Gasteiger partial charge in [-0.2, -0.15) is 0 Å². The highest BCUT2D eigenvalue weighted by atomic mass is 14.2. The zero-order chi connectivity index (χ0) is 10.1. The molecular weight excluding hydrogens is 156 g/mol. The Bertz CT molecular complexity index is 289. The van der Waals surface area contributed by atoms with E-state index in [0.717, 1.165) is 6.42 Å². The van der Waals surface area contributed by atoms with Crippen molar-refractivity contribution in [3.8, 4) is 0 Å². The summed E-state index contributed by atoms with van der Waals surface area (Å²) in [7, 11) is 0. The summed E-state index contributed by atoms with van der Waals surface area (Å²) in [5, 5.41) is 0. The summed E-state index contributed by atoms with van der Waals surface area (Å²) >= 11 is 0. The van der Waals surface area contributed by atoms with E-state index in [1.807, 2.05) is 0 Å². The lowest BCUT2D eigenvalue weighted by atomic mass is 9.83. The molecule has 0 saturated heterocycles. The van der Waals surface area contributed by atoms with Gasteiger partial charge in [-0.1, -0.05) is 45.9 Å². The molecule has 13 heavy (non-hydrogen) atoms. The first-order valence-corrected chi connectivity index (χ1v) is 5.05. The molecule has 0 aromatic heterocycles. The molecule has 0 unspecified atom stereocenters. The molecule has 0 heterocycles. The molecule has 0 atom stereocenters. The summed E-state index contributed by atoms with van der Waals surface area (Å²) in [6.45, 7) is 11.2. The minimum Gasteiger partial charge on any atom is -0.0613 e. The highest BCUT2D eigenvalue weighted by Crippen LogP contribution is 2.26. The number of hydrogen-bond donors (Lipinski definition) is 0. The second-order valence-corrected chi connectivity index (χ2v) is 4.75. The van der Waals surface area contributed by atoms with E-state index in [1.54, 1.807) is 0 Å². The lowest BCUT2D eigenvalue weighted by Gasteiger charge is -2.22. The molecule has 0 heteroatoms. The van der Waals surface area contributed by atoms with Gasteiger partial charge in [0.05, 0.1) is 0 Å². The van der Waals surface area contributed by atoms with Crippen molar-refractivity contribution in [3.05, 3.63) is 34.9 Å². The Balaban J connectivity index is 3.13. The highest BCUT2D eigenvalue weighted by Gasteiger charge is 2.15.